The molecule has 1 atom stereocenters. The van der Waals surface area contributed by atoms with Gasteiger partial charge in [-0.3, -0.25) is 0 Å². The second kappa shape index (κ2) is 8.87. The van der Waals surface area contributed by atoms with Crippen LogP contribution in [0.25, 0.3) is 0 Å². The van der Waals surface area contributed by atoms with Crippen LogP contribution in [-0.4, -0.2) is 29.9 Å². The van der Waals surface area contributed by atoms with E-state index in [4.69, 9.17) is 4.74 Å². The molecule has 0 saturated heterocycles. The fraction of sp³-hybridized carbons (Fsp3) is 0.348. The first-order chi connectivity index (χ1) is 12.8. The molecule has 27 heavy (non-hydrogen) atoms. The molecule has 0 heterocycles. The van der Waals surface area contributed by atoms with Gasteiger partial charge in [-0.05, 0) is 68.1 Å². The molecule has 0 fully saturated rings. The van der Waals surface area contributed by atoms with Crippen molar-refractivity contribution >= 4 is 12.0 Å². The molecule has 0 amide bonds. The van der Waals surface area contributed by atoms with Crippen LogP contribution in [0.1, 0.15) is 37.0 Å². The highest BCUT2D eigenvalue weighted by Crippen LogP contribution is 2.34. The Labute approximate surface area is 162 Å². The molecule has 4 nitrogen and oxygen atoms in total. The molecular formula is C23H30N2O2. The lowest BCUT2D eigenvalue weighted by Crippen LogP contribution is -2.21. The van der Waals surface area contributed by atoms with Crippen molar-refractivity contribution in [1.82, 2.24) is 4.90 Å². The Kier molecular flexibility index (Phi) is 6.81. The molecule has 1 N–H and O–H groups in total. The van der Waals surface area contributed by atoms with Gasteiger partial charge in [-0.1, -0.05) is 31.7 Å². The molecule has 0 aliphatic rings. The Bertz CT molecular complexity index is 829. The number of benzene rings is 2. The summed E-state index contributed by atoms with van der Waals surface area (Å²) < 4.78 is 6.11. The lowest BCUT2D eigenvalue weighted by atomic mass is 9.91. The Morgan fingerprint density at radius 1 is 1.19 bits per heavy atom. The van der Waals surface area contributed by atoms with Crippen LogP contribution in [0.15, 0.2) is 54.0 Å². The Morgan fingerprint density at radius 3 is 2.56 bits per heavy atom. The van der Waals surface area contributed by atoms with Crippen molar-refractivity contribution in [1.29, 1.82) is 0 Å². The Morgan fingerprint density at radius 2 is 1.93 bits per heavy atom. The minimum Gasteiger partial charge on any atom is -0.457 e. The van der Waals surface area contributed by atoms with E-state index in [-0.39, 0.29) is 0 Å². The van der Waals surface area contributed by atoms with E-state index < -0.39 is 5.60 Å². The maximum Gasteiger partial charge on any atom is 0.130 e. The van der Waals surface area contributed by atoms with Crippen LogP contribution in [0, 0.1) is 13.8 Å². The minimum atomic E-state index is -1.05. The van der Waals surface area contributed by atoms with Crippen molar-refractivity contribution in [2.24, 2.45) is 4.99 Å². The van der Waals surface area contributed by atoms with E-state index in [1.807, 2.05) is 75.5 Å². The average Bonchev–Trinajstić information content (AvgIpc) is 2.68. The summed E-state index contributed by atoms with van der Waals surface area (Å²) in [6, 6.07) is 11.6. The Balaban J connectivity index is 2.29. The average molecular weight is 367 g/mol. The number of aryl methyl sites for hydroxylation is 2. The molecule has 1 unspecified atom stereocenters. The predicted molar refractivity (Wildman–Crippen MR) is 113 cm³/mol. The van der Waals surface area contributed by atoms with Crippen LogP contribution in [0.2, 0.25) is 0 Å². The lowest BCUT2D eigenvalue weighted by Gasteiger charge is -2.23. The molecule has 0 radical (unpaired) electrons. The van der Waals surface area contributed by atoms with Gasteiger partial charge in [-0.2, -0.15) is 0 Å². The third-order valence-corrected chi connectivity index (χ3v) is 4.82. The summed E-state index contributed by atoms with van der Waals surface area (Å²) in [5.41, 5.74) is 2.71. The van der Waals surface area contributed by atoms with E-state index in [1.165, 1.54) is 0 Å². The quantitative estimate of drug-likeness (QED) is 0.382. The zero-order chi connectivity index (χ0) is 20.0. The van der Waals surface area contributed by atoms with Gasteiger partial charge in [0.25, 0.3) is 0 Å². The number of hydrogen-bond donors (Lipinski definition) is 1. The highest BCUT2D eigenvalue weighted by Gasteiger charge is 2.23. The second-order valence-corrected chi connectivity index (χ2v) is 6.83. The molecule has 144 valence electrons. The summed E-state index contributed by atoms with van der Waals surface area (Å²) in [6.45, 7) is 12.7. The summed E-state index contributed by atoms with van der Waals surface area (Å²) in [4.78, 5) is 6.58. The van der Waals surface area contributed by atoms with Crippen LogP contribution in [-0.2, 0) is 5.60 Å². The van der Waals surface area contributed by atoms with Gasteiger partial charge in [-0.15, -0.1) is 0 Å². The molecule has 2 rings (SSSR count). The fourth-order valence-electron chi connectivity index (χ4n) is 2.69. The zero-order valence-corrected chi connectivity index (χ0v) is 17.0. The van der Waals surface area contributed by atoms with Crippen LogP contribution in [0.4, 0.5) is 5.69 Å². The topological polar surface area (TPSA) is 45.1 Å². The maximum atomic E-state index is 10.7. The van der Waals surface area contributed by atoms with Gasteiger partial charge in [0, 0.05) is 13.6 Å². The van der Waals surface area contributed by atoms with Gasteiger partial charge in [0.1, 0.15) is 17.1 Å². The van der Waals surface area contributed by atoms with Crippen molar-refractivity contribution in [3.05, 3.63) is 65.7 Å². The third-order valence-electron chi connectivity index (χ3n) is 4.82. The van der Waals surface area contributed by atoms with Gasteiger partial charge in [0.05, 0.1) is 12.0 Å². The molecule has 0 aromatic heterocycles. The summed E-state index contributed by atoms with van der Waals surface area (Å²) in [5.74, 6) is 1.47. The molecule has 0 spiro atoms. The normalized spacial score (nSPS) is 13.4. The van der Waals surface area contributed by atoms with Gasteiger partial charge in [-0.25, -0.2) is 4.99 Å². The van der Waals surface area contributed by atoms with Gasteiger partial charge in [0.2, 0.25) is 0 Å². The third kappa shape index (κ3) is 4.98. The fourth-order valence-corrected chi connectivity index (χ4v) is 2.69. The monoisotopic (exact) mass is 366 g/mol. The van der Waals surface area contributed by atoms with Crippen LogP contribution in [0.3, 0.4) is 0 Å². The van der Waals surface area contributed by atoms with Gasteiger partial charge >= 0.3 is 0 Å². The van der Waals surface area contributed by atoms with Crippen molar-refractivity contribution in [3.63, 3.8) is 0 Å². The van der Waals surface area contributed by atoms with E-state index in [1.54, 1.807) is 6.08 Å². The van der Waals surface area contributed by atoms with Crippen molar-refractivity contribution < 1.29 is 9.84 Å². The molecule has 2 aromatic rings. The summed E-state index contributed by atoms with van der Waals surface area (Å²) in [5, 5.41) is 10.7. The minimum absolute atomic E-state index is 0.553. The molecule has 0 saturated carbocycles. The standard InChI is InChI=1S/C23H30N2O2/c1-7-23(26,8-2)19-11-10-12-20(15-19)27-22-14-17(4)21(13-18(22)5)24-16-25(6)9-3/h7,10-16,26H,1,8-9H2,2-6H3/b24-16+. The van der Waals surface area contributed by atoms with E-state index in [2.05, 4.69) is 18.5 Å². The number of aliphatic imine (C=N–C) groups is 1. The highest BCUT2D eigenvalue weighted by atomic mass is 16.5. The summed E-state index contributed by atoms with van der Waals surface area (Å²) >= 11 is 0. The SMILES string of the molecule is C=CC(O)(CC)c1cccc(Oc2cc(C)c(/N=C/N(C)CC)cc2C)c1. The predicted octanol–water partition coefficient (Wildman–Crippen LogP) is 5.49. The molecule has 0 aliphatic heterocycles. The smallest absolute Gasteiger partial charge is 0.130 e. The summed E-state index contributed by atoms with van der Waals surface area (Å²) in [7, 11) is 2.00. The lowest BCUT2D eigenvalue weighted by molar-refractivity contribution is 0.0854. The first kappa shape index (κ1) is 20.7. The number of rotatable bonds is 8. The number of aliphatic hydroxyl groups is 1. The van der Waals surface area contributed by atoms with E-state index >= 15 is 0 Å². The van der Waals surface area contributed by atoms with Crippen molar-refractivity contribution in [2.75, 3.05) is 13.6 Å². The van der Waals surface area contributed by atoms with Crippen molar-refractivity contribution in [3.8, 4) is 11.5 Å². The molecule has 0 bridgehead atoms. The number of ether oxygens (including phenoxy) is 1. The Hall–Kier alpha value is -2.59. The first-order valence-electron chi connectivity index (χ1n) is 9.33. The first-order valence-corrected chi connectivity index (χ1v) is 9.33. The van der Waals surface area contributed by atoms with Crippen molar-refractivity contribution in [2.45, 2.75) is 39.7 Å². The van der Waals surface area contributed by atoms with E-state index in [0.29, 0.717) is 12.2 Å². The maximum absolute atomic E-state index is 10.7. The number of nitrogens with zero attached hydrogens (tertiary/aromatic N) is 2. The number of hydrogen-bond acceptors (Lipinski definition) is 3. The zero-order valence-electron chi connectivity index (χ0n) is 17.0. The van der Waals surface area contributed by atoms with Crippen LogP contribution in [0.5, 0.6) is 11.5 Å². The second-order valence-electron chi connectivity index (χ2n) is 6.83. The molecular weight excluding hydrogens is 336 g/mol. The summed E-state index contributed by atoms with van der Waals surface area (Å²) in [6.07, 6.45) is 3.96. The van der Waals surface area contributed by atoms with E-state index in [9.17, 15) is 5.11 Å². The molecule has 0 aliphatic carbocycles. The van der Waals surface area contributed by atoms with Crippen LogP contribution < -0.4 is 4.74 Å². The van der Waals surface area contributed by atoms with Gasteiger partial charge < -0.3 is 14.7 Å². The van der Waals surface area contributed by atoms with E-state index in [0.717, 1.165) is 34.7 Å². The van der Waals surface area contributed by atoms with Crippen LogP contribution >= 0.6 is 0 Å². The molecule has 4 heteroatoms. The van der Waals surface area contributed by atoms with Gasteiger partial charge in [0.15, 0.2) is 0 Å². The molecule has 2 aromatic carbocycles. The largest absolute Gasteiger partial charge is 0.457 e. The highest BCUT2D eigenvalue weighted by molar-refractivity contribution is 5.64.